The summed E-state index contributed by atoms with van der Waals surface area (Å²) < 4.78 is 2.43. The Kier molecular flexibility index (Phi) is 3.92. The standard InChI is InChI=1S/C13H20BrN3O/c1-13(2,17-7-5-4-6-8-17)12(18)11-10(14)9-15-16(11)3/h9H,4-8H2,1-3H3. The van der Waals surface area contributed by atoms with Crippen LogP contribution in [0.3, 0.4) is 0 Å². The van der Waals surface area contributed by atoms with Crippen LogP contribution >= 0.6 is 15.9 Å². The van der Waals surface area contributed by atoms with Crippen LogP contribution in [-0.2, 0) is 7.05 Å². The number of ketones is 1. The van der Waals surface area contributed by atoms with E-state index in [1.54, 1.807) is 10.9 Å². The number of likely N-dealkylation sites (tertiary alicyclic amines) is 1. The smallest absolute Gasteiger partial charge is 0.201 e. The van der Waals surface area contributed by atoms with E-state index >= 15 is 0 Å². The molecule has 5 heteroatoms. The third-order valence-corrected chi connectivity index (χ3v) is 4.39. The summed E-state index contributed by atoms with van der Waals surface area (Å²) in [7, 11) is 1.81. The highest BCUT2D eigenvalue weighted by atomic mass is 79.9. The van der Waals surface area contributed by atoms with Crippen LogP contribution in [0.25, 0.3) is 0 Å². The molecule has 1 saturated heterocycles. The number of rotatable bonds is 3. The second kappa shape index (κ2) is 5.13. The molecule has 100 valence electrons. The fourth-order valence-corrected chi connectivity index (χ4v) is 3.08. The van der Waals surface area contributed by atoms with Gasteiger partial charge < -0.3 is 0 Å². The molecule has 1 aliphatic heterocycles. The SMILES string of the molecule is Cn1ncc(Br)c1C(=O)C(C)(C)N1CCCCC1. The minimum absolute atomic E-state index is 0.135. The van der Waals surface area contributed by atoms with Crippen LogP contribution in [0.15, 0.2) is 10.7 Å². The zero-order valence-corrected chi connectivity index (χ0v) is 12.8. The highest BCUT2D eigenvalue weighted by molar-refractivity contribution is 9.10. The molecule has 1 aromatic rings. The predicted octanol–water partition coefficient (Wildman–Crippen LogP) is 2.63. The van der Waals surface area contributed by atoms with Crippen LogP contribution in [0.5, 0.6) is 0 Å². The summed E-state index contributed by atoms with van der Waals surface area (Å²) in [5, 5.41) is 4.13. The van der Waals surface area contributed by atoms with Gasteiger partial charge in [-0.2, -0.15) is 5.10 Å². The summed E-state index contributed by atoms with van der Waals surface area (Å²) in [5.74, 6) is 0.135. The van der Waals surface area contributed by atoms with E-state index < -0.39 is 5.54 Å². The van der Waals surface area contributed by atoms with Crippen molar-refractivity contribution in [2.75, 3.05) is 13.1 Å². The number of Topliss-reactive ketones (excluding diaryl/α,β-unsaturated/α-hetero) is 1. The van der Waals surface area contributed by atoms with E-state index in [4.69, 9.17) is 0 Å². The number of carbonyl (C=O) groups is 1. The molecular weight excluding hydrogens is 294 g/mol. The van der Waals surface area contributed by atoms with Crippen LogP contribution < -0.4 is 0 Å². The van der Waals surface area contributed by atoms with Crippen molar-refractivity contribution in [3.05, 3.63) is 16.4 Å². The molecule has 0 saturated carbocycles. The molecule has 18 heavy (non-hydrogen) atoms. The number of piperidine rings is 1. The molecule has 0 unspecified atom stereocenters. The van der Waals surface area contributed by atoms with Gasteiger partial charge in [0.2, 0.25) is 5.78 Å². The van der Waals surface area contributed by atoms with Gasteiger partial charge in [-0.1, -0.05) is 6.42 Å². The van der Waals surface area contributed by atoms with Crippen LogP contribution in [0, 0.1) is 0 Å². The molecule has 0 aliphatic carbocycles. The summed E-state index contributed by atoms with van der Waals surface area (Å²) in [4.78, 5) is 15.0. The van der Waals surface area contributed by atoms with Gasteiger partial charge in [0.15, 0.2) is 0 Å². The highest BCUT2D eigenvalue weighted by Gasteiger charge is 2.37. The van der Waals surface area contributed by atoms with E-state index in [9.17, 15) is 4.79 Å². The Morgan fingerprint density at radius 1 is 1.33 bits per heavy atom. The number of hydrogen-bond donors (Lipinski definition) is 0. The van der Waals surface area contributed by atoms with E-state index in [0.717, 1.165) is 17.6 Å². The van der Waals surface area contributed by atoms with Gasteiger partial charge >= 0.3 is 0 Å². The van der Waals surface area contributed by atoms with E-state index in [1.165, 1.54) is 19.3 Å². The molecule has 0 atom stereocenters. The van der Waals surface area contributed by atoms with Crippen molar-refractivity contribution in [1.82, 2.24) is 14.7 Å². The summed E-state index contributed by atoms with van der Waals surface area (Å²) in [6.07, 6.45) is 5.32. The Labute approximate surface area is 116 Å². The van der Waals surface area contributed by atoms with Crippen molar-refractivity contribution in [2.24, 2.45) is 7.05 Å². The topological polar surface area (TPSA) is 38.1 Å². The normalized spacial score (nSPS) is 18.0. The van der Waals surface area contributed by atoms with E-state index in [0.29, 0.717) is 5.69 Å². The molecule has 0 bridgehead atoms. The highest BCUT2D eigenvalue weighted by Crippen LogP contribution is 2.27. The molecule has 1 aromatic heterocycles. The van der Waals surface area contributed by atoms with Gasteiger partial charge in [-0.25, -0.2) is 0 Å². The van der Waals surface area contributed by atoms with Gasteiger partial charge in [-0.15, -0.1) is 0 Å². The average Bonchev–Trinajstić information content (AvgIpc) is 2.69. The summed E-state index contributed by atoms with van der Waals surface area (Å²) in [6.45, 7) is 6.04. The number of aryl methyl sites for hydroxylation is 1. The van der Waals surface area contributed by atoms with Gasteiger partial charge in [0.25, 0.3) is 0 Å². The molecular formula is C13H20BrN3O. The molecule has 1 aliphatic rings. The quantitative estimate of drug-likeness (QED) is 0.805. The Morgan fingerprint density at radius 2 is 1.94 bits per heavy atom. The average molecular weight is 314 g/mol. The van der Waals surface area contributed by atoms with Crippen molar-refractivity contribution in [3.8, 4) is 0 Å². The molecule has 0 amide bonds. The third kappa shape index (κ3) is 2.38. The predicted molar refractivity (Wildman–Crippen MR) is 74.7 cm³/mol. The second-order valence-electron chi connectivity index (χ2n) is 5.40. The minimum Gasteiger partial charge on any atom is -0.291 e. The fraction of sp³-hybridized carbons (Fsp3) is 0.692. The first-order valence-electron chi connectivity index (χ1n) is 6.42. The lowest BCUT2D eigenvalue weighted by molar-refractivity contribution is 0.0568. The number of carbonyl (C=O) groups excluding carboxylic acids is 1. The number of aromatic nitrogens is 2. The summed E-state index contributed by atoms with van der Waals surface area (Å²) >= 11 is 3.41. The van der Waals surface area contributed by atoms with Crippen molar-refractivity contribution in [1.29, 1.82) is 0 Å². The molecule has 2 rings (SSSR count). The van der Waals surface area contributed by atoms with Gasteiger partial charge in [0.05, 0.1) is 16.2 Å². The molecule has 4 nitrogen and oxygen atoms in total. The van der Waals surface area contributed by atoms with Crippen LogP contribution in [0.2, 0.25) is 0 Å². The zero-order chi connectivity index (χ0) is 13.3. The first kappa shape index (κ1) is 13.7. The van der Waals surface area contributed by atoms with Crippen LogP contribution in [0.1, 0.15) is 43.6 Å². The van der Waals surface area contributed by atoms with Crippen molar-refractivity contribution < 1.29 is 4.79 Å². The fourth-order valence-electron chi connectivity index (χ4n) is 2.55. The first-order valence-corrected chi connectivity index (χ1v) is 7.21. The van der Waals surface area contributed by atoms with Crippen molar-refractivity contribution in [2.45, 2.75) is 38.6 Å². The monoisotopic (exact) mass is 313 g/mol. The number of halogens is 1. The van der Waals surface area contributed by atoms with E-state index in [2.05, 4.69) is 25.9 Å². The molecule has 0 spiro atoms. The minimum atomic E-state index is -0.462. The summed E-state index contributed by atoms with van der Waals surface area (Å²) in [5.41, 5.74) is 0.196. The largest absolute Gasteiger partial charge is 0.291 e. The summed E-state index contributed by atoms with van der Waals surface area (Å²) in [6, 6.07) is 0. The van der Waals surface area contributed by atoms with Crippen molar-refractivity contribution >= 4 is 21.7 Å². The molecule has 1 fully saturated rings. The molecule has 0 radical (unpaired) electrons. The van der Waals surface area contributed by atoms with Crippen LogP contribution in [0.4, 0.5) is 0 Å². The number of hydrogen-bond acceptors (Lipinski definition) is 3. The van der Waals surface area contributed by atoms with Gasteiger partial charge in [-0.05, 0) is 55.7 Å². The Bertz CT molecular complexity index is 428. The van der Waals surface area contributed by atoms with E-state index in [1.807, 2.05) is 20.9 Å². The van der Waals surface area contributed by atoms with Gasteiger partial charge in [0.1, 0.15) is 5.69 Å². The molecule has 0 aromatic carbocycles. The number of nitrogens with zero attached hydrogens (tertiary/aromatic N) is 3. The van der Waals surface area contributed by atoms with Gasteiger partial charge in [-0.3, -0.25) is 14.4 Å². The van der Waals surface area contributed by atoms with Gasteiger partial charge in [0, 0.05) is 7.05 Å². The maximum atomic E-state index is 12.7. The van der Waals surface area contributed by atoms with Crippen LogP contribution in [-0.4, -0.2) is 39.1 Å². The molecule has 2 heterocycles. The third-order valence-electron chi connectivity index (χ3n) is 3.81. The first-order chi connectivity index (χ1) is 8.44. The lowest BCUT2D eigenvalue weighted by atomic mass is 9.92. The Morgan fingerprint density at radius 3 is 2.44 bits per heavy atom. The Hall–Kier alpha value is -0.680. The van der Waals surface area contributed by atoms with Crippen molar-refractivity contribution in [3.63, 3.8) is 0 Å². The maximum absolute atomic E-state index is 12.7. The second-order valence-corrected chi connectivity index (χ2v) is 6.25. The lowest BCUT2D eigenvalue weighted by Crippen LogP contribution is -2.52. The Balaban J connectivity index is 2.26. The maximum Gasteiger partial charge on any atom is 0.201 e. The zero-order valence-electron chi connectivity index (χ0n) is 11.2. The lowest BCUT2D eigenvalue weighted by Gasteiger charge is -2.39. The molecule has 0 N–H and O–H groups in total. The van der Waals surface area contributed by atoms with E-state index in [-0.39, 0.29) is 5.78 Å².